The zero-order chi connectivity index (χ0) is 12.7. The number of hydroxylamine groups is 2. The topological polar surface area (TPSA) is 55.6 Å². The van der Waals surface area contributed by atoms with E-state index in [1.54, 1.807) is 7.05 Å². The van der Waals surface area contributed by atoms with Crippen molar-refractivity contribution < 1.29 is 9.63 Å². The highest BCUT2D eigenvalue weighted by molar-refractivity contribution is 5.75. The molecule has 0 radical (unpaired) electrons. The molecule has 4 nitrogen and oxygen atoms in total. The number of nitrogens with two attached hydrogens (primary N) is 1. The van der Waals surface area contributed by atoms with E-state index in [4.69, 9.17) is 10.6 Å². The maximum Gasteiger partial charge on any atom is 0.246 e. The van der Waals surface area contributed by atoms with Crippen LogP contribution in [0.2, 0.25) is 0 Å². The van der Waals surface area contributed by atoms with Gasteiger partial charge in [0.05, 0.1) is 7.11 Å². The number of rotatable bonds is 5. The lowest BCUT2D eigenvalue weighted by atomic mass is 9.84. The highest BCUT2D eigenvalue weighted by Gasteiger charge is 2.25. The van der Waals surface area contributed by atoms with Crippen LogP contribution >= 0.6 is 0 Å². The van der Waals surface area contributed by atoms with Gasteiger partial charge in [-0.15, -0.1) is 0 Å². The molecule has 1 aliphatic rings. The molecular formula is C13H26N2O2. The van der Waals surface area contributed by atoms with E-state index in [0.717, 1.165) is 0 Å². The lowest BCUT2D eigenvalue weighted by Gasteiger charge is -2.25. The van der Waals surface area contributed by atoms with Crippen molar-refractivity contribution in [2.45, 2.75) is 44.9 Å². The fraction of sp³-hybridized carbons (Fsp3) is 0.923. The normalized spacial score (nSPS) is 19.7. The van der Waals surface area contributed by atoms with Crippen molar-refractivity contribution in [2.75, 3.05) is 20.7 Å². The van der Waals surface area contributed by atoms with Gasteiger partial charge in [0.25, 0.3) is 0 Å². The zero-order valence-corrected chi connectivity index (χ0v) is 11.2. The van der Waals surface area contributed by atoms with E-state index >= 15 is 0 Å². The van der Waals surface area contributed by atoms with Crippen molar-refractivity contribution in [3.63, 3.8) is 0 Å². The summed E-state index contributed by atoms with van der Waals surface area (Å²) < 4.78 is 0. The third-order valence-electron chi connectivity index (χ3n) is 3.93. The minimum atomic E-state index is 0.0344. The lowest BCUT2D eigenvalue weighted by Crippen LogP contribution is -2.32. The number of nitrogens with zero attached hydrogens (tertiary/aromatic N) is 1. The van der Waals surface area contributed by atoms with Crippen molar-refractivity contribution in [2.24, 2.45) is 17.6 Å². The summed E-state index contributed by atoms with van der Waals surface area (Å²) in [7, 11) is 3.17. The van der Waals surface area contributed by atoms with Gasteiger partial charge in [0.2, 0.25) is 5.91 Å². The summed E-state index contributed by atoms with van der Waals surface area (Å²) in [5, 5.41) is 1.30. The summed E-state index contributed by atoms with van der Waals surface area (Å²) in [6.45, 7) is 0.605. The lowest BCUT2D eigenvalue weighted by molar-refractivity contribution is -0.170. The smallest absolute Gasteiger partial charge is 0.246 e. The molecule has 0 spiro atoms. The van der Waals surface area contributed by atoms with Crippen molar-refractivity contribution in [1.82, 2.24) is 5.06 Å². The van der Waals surface area contributed by atoms with Crippen LogP contribution < -0.4 is 5.73 Å². The first-order valence-corrected chi connectivity index (χ1v) is 6.69. The molecule has 0 aromatic heterocycles. The average molecular weight is 242 g/mol. The fourth-order valence-electron chi connectivity index (χ4n) is 2.68. The van der Waals surface area contributed by atoms with Gasteiger partial charge in [0.1, 0.15) is 0 Å². The van der Waals surface area contributed by atoms with Gasteiger partial charge in [-0.05, 0) is 18.4 Å². The van der Waals surface area contributed by atoms with E-state index in [-0.39, 0.29) is 5.91 Å². The molecule has 1 aliphatic carbocycles. The molecule has 4 heteroatoms. The monoisotopic (exact) mass is 242 g/mol. The SMILES string of the molecule is CON(C)C(=O)CC(CN)C1CCCCCC1. The van der Waals surface area contributed by atoms with E-state index in [2.05, 4.69) is 0 Å². The molecule has 0 aromatic rings. The Balaban J connectivity index is 2.48. The highest BCUT2D eigenvalue weighted by Crippen LogP contribution is 2.30. The van der Waals surface area contributed by atoms with Crippen LogP contribution in [0.1, 0.15) is 44.9 Å². The van der Waals surface area contributed by atoms with Crippen molar-refractivity contribution >= 4 is 5.91 Å². The Hall–Kier alpha value is -0.610. The molecule has 0 bridgehead atoms. The molecule has 1 saturated carbocycles. The van der Waals surface area contributed by atoms with Gasteiger partial charge in [-0.3, -0.25) is 9.63 Å². The van der Waals surface area contributed by atoms with Crippen molar-refractivity contribution in [3.8, 4) is 0 Å². The Labute approximate surface area is 104 Å². The summed E-state index contributed by atoms with van der Waals surface area (Å²) in [5.41, 5.74) is 5.83. The van der Waals surface area contributed by atoms with Gasteiger partial charge in [-0.2, -0.15) is 0 Å². The molecule has 1 rings (SSSR count). The van der Waals surface area contributed by atoms with E-state index in [0.29, 0.717) is 24.8 Å². The molecule has 1 atom stereocenters. The van der Waals surface area contributed by atoms with Crippen molar-refractivity contribution in [3.05, 3.63) is 0 Å². The van der Waals surface area contributed by atoms with Crippen LogP contribution in [0.25, 0.3) is 0 Å². The van der Waals surface area contributed by atoms with Crippen LogP contribution in [0, 0.1) is 11.8 Å². The summed E-state index contributed by atoms with van der Waals surface area (Å²) >= 11 is 0. The molecule has 2 N–H and O–H groups in total. The molecular weight excluding hydrogens is 216 g/mol. The van der Waals surface area contributed by atoms with Gasteiger partial charge in [-0.1, -0.05) is 38.5 Å². The average Bonchev–Trinajstić information content (AvgIpc) is 2.63. The molecule has 0 heterocycles. The number of hydrogen-bond donors (Lipinski definition) is 1. The Morgan fingerprint density at radius 2 is 1.94 bits per heavy atom. The molecule has 0 saturated heterocycles. The zero-order valence-electron chi connectivity index (χ0n) is 11.2. The number of hydrogen-bond acceptors (Lipinski definition) is 3. The van der Waals surface area contributed by atoms with E-state index in [9.17, 15) is 4.79 Å². The highest BCUT2D eigenvalue weighted by atomic mass is 16.7. The third-order valence-corrected chi connectivity index (χ3v) is 3.93. The Kier molecular flexibility index (Phi) is 6.52. The summed E-state index contributed by atoms with van der Waals surface area (Å²) in [6.07, 6.45) is 8.22. The number of carbonyl (C=O) groups is 1. The second-order valence-electron chi connectivity index (χ2n) is 5.03. The van der Waals surface area contributed by atoms with E-state index < -0.39 is 0 Å². The summed E-state index contributed by atoms with van der Waals surface area (Å²) in [5.74, 6) is 0.974. The van der Waals surface area contributed by atoms with Crippen LogP contribution in [0.4, 0.5) is 0 Å². The third kappa shape index (κ3) is 4.64. The Morgan fingerprint density at radius 3 is 2.41 bits per heavy atom. The fourth-order valence-corrected chi connectivity index (χ4v) is 2.68. The van der Waals surface area contributed by atoms with Crippen molar-refractivity contribution in [1.29, 1.82) is 0 Å². The minimum absolute atomic E-state index is 0.0344. The second kappa shape index (κ2) is 7.67. The van der Waals surface area contributed by atoms with Crippen LogP contribution in [-0.4, -0.2) is 31.7 Å². The molecule has 1 unspecified atom stereocenters. The molecule has 0 aromatic carbocycles. The van der Waals surface area contributed by atoms with Gasteiger partial charge < -0.3 is 5.73 Å². The van der Waals surface area contributed by atoms with Gasteiger partial charge in [0.15, 0.2) is 0 Å². The summed E-state index contributed by atoms with van der Waals surface area (Å²) in [4.78, 5) is 16.7. The van der Waals surface area contributed by atoms with Crippen LogP contribution in [0.3, 0.4) is 0 Å². The standard InChI is InChI=1S/C13H26N2O2/c1-15(17-2)13(16)9-12(10-14)11-7-5-3-4-6-8-11/h11-12H,3-10,14H2,1-2H3. The first-order chi connectivity index (χ1) is 8.19. The predicted octanol–water partition coefficient (Wildman–Crippen LogP) is 1.94. The second-order valence-corrected chi connectivity index (χ2v) is 5.03. The molecule has 1 amide bonds. The van der Waals surface area contributed by atoms with Gasteiger partial charge >= 0.3 is 0 Å². The first-order valence-electron chi connectivity index (χ1n) is 6.69. The van der Waals surface area contributed by atoms with Crippen LogP contribution in [-0.2, 0) is 9.63 Å². The van der Waals surface area contributed by atoms with Gasteiger partial charge in [-0.25, -0.2) is 5.06 Å². The number of amides is 1. The molecule has 100 valence electrons. The van der Waals surface area contributed by atoms with E-state index in [1.165, 1.54) is 50.7 Å². The Morgan fingerprint density at radius 1 is 1.35 bits per heavy atom. The molecule has 1 fully saturated rings. The largest absolute Gasteiger partial charge is 0.330 e. The number of carbonyl (C=O) groups excluding carboxylic acids is 1. The summed E-state index contributed by atoms with van der Waals surface area (Å²) in [6, 6.07) is 0. The van der Waals surface area contributed by atoms with Crippen LogP contribution in [0.5, 0.6) is 0 Å². The minimum Gasteiger partial charge on any atom is -0.330 e. The predicted molar refractivity (Wildman–Crippen MR) is 68.1 cm³/mol. The van der Waals surface area contributed by atoms with Gasteiger partial charge in [0, 0.05) is 13.5 Å². The first kappa shape index (κ1) is 14.5. The Bertz CT molecular complexity index is 225. The van der Waals surface area contributed by atoms with E-state index in [1.807, 2.05) is 0 Å². The molecule has 17 heavy (non-hydrogen) atoms. The maximum atomic E-state index is 11.8. The maximum absolute atomic E-state index is 11.8. The molecule has 0 aliphatic heterocycles. The van der Waals surface area contributed by atoms with Crippen LogP contribution in [0.15, 0.2) is 0 Å². The quantitative estimate of drug-likeness (QED) is 0.592.